The van der Waals surface area contributed by atoms with E-state index < -0.39 is 0 Å². The normalized spacial score (nSPS) is 15.0. The molecular formula is C14H15FN2O. The Hall–Kier alpha value is -1.84. The Labute approximate surface area is 105 Å². The first-order valence-corrected chi connectivity index (χ1v) is 6.15. The molecule has 0 aliphatic heterocycles. The van der Waals surface area contributed by atoms with Crippen molar-refractivity contribution in [2.45, 2.75) is 25.4 Å². The largest absolute Gasteiger partial charge is 0.341 e. The SMILES string of the molecule is CN(C(=O)Cn1ccc2ccc(F)cc21)C1CC1. The summed E-state index contributed by atoms with van der Waals surface area (Å²) in [6.07, 6.45) is 4.04. The quantitative estimate of drug-likeness (QED) is 0.816. The molecule has 2 aromatic rings. The predicted octanol–water partition coefficient (Wildman–Crippen LogP) is 2.40. The number of likely N-dealkylation sites (N-methyl/N-ethyl adjacent to an activating group) is 1. The highest BCUT2D eigenvalue weighted by Gasteiger charge is 2.29. The van der Waals surface area contributed by atoms with Crippen molar-refractivity contribution in [2.24, 2.45) is 0 Å². The van der Waals surface area contributed by atoms with Crippen molar-refractivity contribution in [1.82, 2.24) is 9.47 Å². The fraction of sp³-hybridized carbons (Fsp3) is 0.357. The zero-order chi connectivity index (χ0) is 12.7. The van der Waals surface area contributed by atoms with Crippen molar-refractivity contribution in [1.29, 1.82) is 0 Å². The van der Waals surface area contributed by atoms with Crippen LogP contribution < -0.4 is 0 Å². The third-order valence-corrected chi connectivity index (χ3v) is 3.53. The third kappa shape index (κ3) is 1.98. The van der Waals surface area contributed by atoms with Crippen LogP contribution in [0.4, 0.5) is 4.39 Å². The number of rotatable bonds is 3. The van der Waals surface area contributed by atoms with Crippen molar-refractivity contribution in [3.8, 4) is 0 Å². The number of hydrogen-bond acceptors (Lipinski definition) is 1. The number of amides is 1. The topological polar surface area (TPSA) is 25.2 Å². The van der Waals surface area contributed by atoms with Crippen molar-refractivity contribution >= 4 is 16.8 Å². The van der Waals surface area contributed by atoms with Crippen LogP contribution in [0.5, 0.6) is 0 Å². The molecule has 0 bridgehead atoms. The first kappa shape index (κ1) is 11.3. The first-order chi connectivity index (χ1) is 8.65. The molecule has 3 nitrogen and oxygen atoms in total. The van der Waals surface area contributed by atoms with Crippen LogP contribution in [-0.4, -0.2) is 28.5 Å². The van der Waals surface area contributed by atoms with Gasteiger partial charge in [0.1, 0.15) is 12.4 Å². The van der Waals surface area contributed by atoms with Gasteiger partial charge in [-0.2, -0.15) is 0 Å². The lowest BCUT2D eigenvalue weighted by Gasteiger charge is -2.16. The minimum absolute atomic E-state index is 0.0826. The first-order valence-electron chi connectivity index (χ1n) is 6.15. The fourth-order valence-electron chi connectivity index (χ4n) is 2.22. The maximum Gasteiger partial charge on any atom is 0.242 e. The summed E-state index contributed by atoms with van der Waals surface area (Å²) in [7, 11) is 1.84. The van der Waals surface area contributed by atoms with E-state index in [9.17, 15) is 9.18 Å². The van der Waals surface area contributed by atoms with Crippen LogP contribution in [0.2, 0.25) is 0 Å². The van der Waals surface area contributed by atoms with Crippen LogP contribution in [0.25, 0.3) is 10.9 Å². The number of aromatic nitrogens is 1. The second-order valence-corrected chi connectivity index (χ2v) is 4.88. The van der Waals surface area contributed by atoms with E-state index in [1.165, 1.54) is 12.1 Å². The lowest BCUT2D eigenvalue weighted by molar-refractivity contribution is -0.130. The Morgan fingerprint density at radius 3 is 2.94 bits per heavy atom. The Kier molecular flexibility index (Phi) is 2.58. The molecular weight excluding hydrogens is 231 g/mol. The second-order valence-electron chi connectivity index (χ2n) is 4.88. The van der Waals surface area contributed by atoms with E-state index in [0.29, 0.717) is 6.04 Å². The number of halogens is 1. The molecule has 1 aliphatic carbocycles. The monoisotopic (exact) mass is 246 g/mol. The summed E-state index contributed by atoms with van der Waals surface area (Å²) in [5.41, 5.74) is 0.771. The lowest BCUT2D eigenvalue weighted by Crippen LogP contribution is -2.31. The maximum absolute atomic E-state index is 13.2. The van der Waals surface area contributed by atoms with Crippen molar-refractivity contribution in [3.63, 3.8) is 0 Å². The molecule has 0 atom stereocenters. The highest BCUT2D eigenvalue weighted by atomic mass is 19.1. The molecule has 0 unspecified atom stereocenters. The van der Waals surface area contributed by atoms with Crippen molar-refractivity contribution in [2.75, 3.05) is 7.05 Å². The average Bonchev–Trinajstić information content (AvgIpc) is 3.13. The van der Waals surface area contributed by atoms with Crippen molar-refractivity contribution in [3.05, 3.63) is 36.3 Å². The molecule has 1 saturated carbocycles. The van der Waals surface area contributed by atoms with Gasteiger partial charge in [-0.1, -0.05) is 0 Å². The summed E-state index contributed by atoms with van der Waals surface area (Å²) in [6, 6.07) is 6.95. The van der Waals surface area contributed by atoms with Gasteiger partial charge in [-0.3, -0.25) is 4.79 Å². The van der Waals surface area contributed by atoms with Crippen LogP contribution in [0.3, 0.4) is 0 Å². The fourth-order valence-corrected chi connectivity index (χ4v) is 2.22. The van der Waals surface area contributed by atoms with Gasteiger partial charge >= 0.3 is 0 Å². The molecule has 3 rings (SSSR count). The summed E-state index contributed by atoms with van der Waals surface area (Å²) >= 11 is 0. The predicted molar refractivity (Wildman–Crippen MR) is 67.7 cm³/mol. The zero-order valence-electron chi connectivity index (χ0n) is 10.3. The van der Waals surface area contributed by atoms with E-state index in [-0.39, 0.29) is 18.3 Å². The number of benzene rings is 1. The molecule has 0 spiro atoms. The Balaban J connectivity index is 1.85. The van der Waals surface area contributed by atoms with Gasteiger partial charge in [0.15, 0.2) is 0 Å². The van der Waals surface area contributed by atoms with Crippen LogP contribution >= 0.6 is 0 Å². The number of carbonyl (C=O) groups excluding carboxylic acids is 1. The Bertz CT molecular complexity index is 601. The van der Waals surface area contributed by atoms with E-state index in [2.05, 4.69) is 0 Å². The average molecular weight is 246 g/mol. The summed E-state index contributed by atoms with van der Waals surface area (Å²) in [6.45, 7) is 0.278. The van der Waals surface area contributed by atoms with Crippen LogP contribution in [0, 0.1) is 5.82 Å². The molecule has 1 heterocycles. The van der Waals surface area contributed by atoms with Crippen LogP contribution in [-0.2, 0) is 11.3 Å². The van der Waals surface area contributed by atoms with E-state index in [4.69, 9.17) is 0 Å². The smallest absolute Gasteiger partial charge is 0.242 e. The van der Waals surface area contributed by atoms with Crippen LogP contribution in [0.1, 0.15) is 12.8 Å². The summed E-state index contributed by atoms with van der Waals surface area (Å²) in [5.74, 6) is -0.190. The molecule has 0 saturated heterocycles. The minimum Gasteiger partial charge on any atom is -0.341 e. The Morgan fingerprint density at radius 2 is 2.22 bits per heavy atom. The molecule has 1 aliphatic rings. The zero-order valence-corrected chi connectivity index (χ0v) is 10.3. The molecule has 94 valence electrons. The molecule has 1 amide bonds. The van der Waals surface area contributed by atoms with E-state index in [1.54, 1.807) is 15.5 Å². The second kappa shape index (κ2) is 4.12. The molecule has 1 fully saturated rings. The third-order valence-electron chi connectivity index (χ3n) is 3.53. The van der Waals surface area contributed by atoms with Gasteiger partial charge in [0.05, 0.1) is 5.52 Å². The highest BCUT2D eigenvalue weighted by molar-refractivity contribution is 5.83. The molecule has 4 heteroatoms. The molecule has 18 heavy (non-hydrogen) atoms. The van der Waals surface area contributed by atoms with E-state index in [1.807, 2.05) is 19.3 Å². The maximum atomic E-state index is 13.2. The number of carbonyl (C=O) groups is 1. The minimum atomic E-state index is -0.273. The molecule has 1 aromatic carbocycles. The van der Waals surface area contributed by atoms with E-state index in [0.717, 1.165) is 23.7 Å². The van der Waals surface area contributed by atoms with Crippen molar-refractivity contribution < 1.29 is 9.18 Å². The number of hydrogen-bond donors (Lipinski definition) is 0. The Morgan fingerprint density at radius 1 is 1.44 bits per heavy atom. The van der Waals surface area contributed by atoms with Gasteiger partial charge in [-0.25, -0.2) is 4.39 Å². The molecule has 0 radical (unpaired) electrons. The van der Waals surface area contributed by atoms with Gasteiger partial charge in [0.25, 0.3) is 0 Å². The lowest BCUT2D eigenvalue weighted by atomic mass is 10.2. The summed E-state index contributed by atoms with van der Waals surface area (Å²) in [5, 5.41) is 0.957. The van der Waals surface area contributed by atoms with E-state index >= 15 is 0 Å². The number of fused-ring (bicyclic) bond motifs is 1. The van der Waals surface area contributed by atoms with Gasteiger partial charge in [-0.05, 0) is 42.5 Å². The highest BCUT2D eigenvalue weighted by Crippen LogP contribution is 2.26. The van der Waals surface area contributed by atoms with Gasteiger partial charge < -0.3 is 9.47 Å². The standard InChI is InChI=1S/C14H15FN2O/c1-16(12-4-5-12)14(18)9-17-7-6-10-2-3-11(15)8-13(10)17/h2-3,6-8,12H,4-5,9H2,1H3. The van der Waals surface area contributed by atoms with Gasteiger partial charge in [-0.15, -0.1) is 0 Å². The number of nitrogens with zero attached hydrogens (tertiary/aromatic N) is 2. The van der Waals surface area contributed by atoms with Gasteiger partial charge in [0.2, 0.25) is 5.91 Å². The molecule has 1 aromatic heterocycles. The summed E-state index contributed by atoms with van der Waals surface area (Å²) < 4.78 is 15.0. The van der Waals surface area contributed by atoms with Gasteiger partial charge in [0, 0.05) is 19.3 Å². The molecule has 0 N–H and O–H groups in total. The van der Waals surface area contributed by atoms with Crippen LogP contribution in [0.15, 0.2) is 30.5 Å². The summed E-state index contributed by atoms with van der Waals surface area (Å²) in [4.78, 5) is 13.8.